The predicted molar refractivity (Wildman–Crippen MR) is 126 cm³/mol. The second-order valence-electron chi connectivity index (χ2n) is 7.88. The number of hydrogen-bond donors (Lipinski definition) is 2. The third-order valence-electron chi connectivity index (χ3n) is 5.35. The number of hydrogen-bond acceptors (Lipinski definition) is 7. The van der Waals surface area contributed by atoms with Crippen molar-refractivity contribution < 1.29 is 31.5 Å². The third kappa shape index (κ3) is 6.76. The van der Waals surface area contributed by atoms with Crippen LogP contribution in [-0.4, -0.2) is 58.0 Å². The Morgan fingerprint density at radius 3 is 1.97 bits per heavy atom. The van der Waals surface area contributed by atoms with Crippen LogP contribution in [0.15, 0.2) is 59.9 Å². The summed E-state index contributed by atoms with van der Waals surface area (Å²) in [7, 11) is -3.56. The molecule has 0 radical (unpaired) electrons. The Kier molecular flexibility index (Phi) is 8.58. The maximum absolute atomic E-state index is 13.3. The minimum absolute atomic E-state index is 0.206. The van der Waals surface area contributed by atoms with Crippen LogP contribution in [0.3, 0.4) is 0 Å². The van der Waals surface area contributed by atoms with Crippen molar-refractivity contribution in [3.63, 3.8) is 0 Å². The van der Waals surface area contributed by atoms with Crippen molar-refractivity contribution in [1.82, 2.24) is 19.3 Å². The highest BCUT2D eigenvalue weighted by Crippen LogP contribution is 2.31. The summed E-state index contributed by atoms with van der Waals surface area (Å²) in [4.78, 5) is 21.7. The molecule has 192 valence electrons. The van der Waals surface area contributed by atoms with Gasteiger partial charge in [-0.25, -0.2) is 23.2 Å². The van der Waals surface area contributed by atoms with E-state index in [2.05, 4.69) is 15.0 Å². The van der Waals surface area contributed by atoms with Crippen molar-refractivity contribution in [2.45, 2.75) is 36.8 Å². The number of pyridine rings is 1. The Morgan fingerprint density at radius 2 is 1.44 bits per heavy atom. The van der Waals surface area contributed by atoms with Gasteiger partial charge in [-0.15, -0.1) is 0 Å². The summed E-state index contributed by atoms with van der Waals surface area (Å²) < 4.78 is 60.0. The fraction of sp³-hybridized carbons (Fsp3) is 0.304. The van der Waals surface area contributed by atoms with Crippen LogP contribution in [0, 0.1) is 0 Å². The molecular weight excluding hydrogens is 499 g/mol. The number of carboxylic acid groups (broad SMARTS) is 1. The van der Waals surface area contributed by atoms with Crippen LogP contribution < -0.4 is 5.73 Å². The van der Waals surface area contributed by atoms with Crippen molar-refractivity contribution in [3.05, 3.63) is 55.0 Å². The van der Waals surface area contributed by atoms with Gasteiger partial charge >= 0.3 is 12.1 Å². The smallest absolute Gasteiger partial charge is 0.475 e. The molecule has 0 saturated carbocycles. The number of benzene rings is 1. The van der Waals surface area contributed by atoms with Gasteiger partial charge in [-0.3, -0.25) is 4.98 Å². The summed E-state index contributed by atoms with van der Waals surface area (Å²) in [5, 5.41) is 7.12. The summed E-state index contributed by atoms with van der Waals surface area (Å²) >= 11 is 0. The highest BCUT2D eigenvalue weighted by atomic mass is 32.2. The number of aromatic nitrogens is 3. The molecule has 1 aromatic carbocycles. The van der Waals surface area contributed by atoms with Crippen LogP contribution in [0.5, 0.6) is 0 Å². The van der Waals surface area contributed by atoms with Gasteiger partial charge in [0.15, 0.2) is 0 Å². The zero-order valence-electron chi connectivity index (χ0n) is 19.0. The summed E-state index contributed by atoms with van der Waals surface area (Å²) in [5.74, 6) is -2.55. The number of nitrogens with zero attached hydrogens (tertiary/aromatic N) is 4. The number of sulfonamides is 1. The summed E-state index contributed by atoms with van der Waals surface area (Å²) in [6.07, 6.45) is 3.79. The van der Waals surface area contributed by atoms with Gasteiger partial charge in [-0.1, -0.05) is 37.1 Å². The van der Waals surface area contributed by atoms with Crippen molar-refractivity contribution in [1.29, 1.82) is 0 Å². The maximum atomic E-state index is 13.3. The number of anilines is 1. The van der Waals surface area contributed by atoms with Gasteiger partial charge in [0.2, 0.25) is 16.0 Å². The number of alkyl halides is 3. The molecule has 1 aliphatic rings. The molecule has 0 spiro atoms. The standard InChI is InChI=1S/C21H23N5O2S.C2HF3O2/c22-21-24-14-17(15-25-21)19-10-9-16(13-23-19)18-7-3-4-8-20(18)29(27,28)26-11-5-1-2-6-12-26;3-2(4,5)1(6)7/h3-4,7-10,13-15H,1-2,5-6,11-12H2,(H2,22,24,25);(H,6,7). The normalized spacial score (nSPS) is 14.9. The Morgan fingerprint density at radius 1 is 0.889 bits per heavy atom. The monoisotopic (exact) mass is 523 g/mol. The van der Waals surface area contributed by atoms with Crippen molar-refractivity contribution in [3.8, 4) is 22.4 Å². The molecule has 1 saturated heterocycles. The van der Waals surface area contributed by atoms with Gasteiger partial charge in [0, 0.05) is 48.4 Å². The minimum Gasteiger partial charge on any atom is -0.475 e. The van der Waals surface area contributed by atoms with Gasteiger partial charge < -0.3 is 10.8 Å². The van der Waals surface area contributed by atoms with E-state index >= 15 is 0 Å². The quantitative estimate of drug-likeness (QED) is 0.523. The van der Waals surface area contributed by atoms with Crippen molar-refractivity contribution >= 4 is 21.9 Å². The van der Waals surface area contributed by atoms with E-state index in [1.165, 1.54) is 0 Å². The van der Waals surface area contributed by atoms with E-state index in [0.29, 0.717) is 29.2 Å². The van der Waals surface area contributed by atoms with E-state index in [1.807, 2.05) is 24.3 Å². The zero-order valence-corrected chi connectivity index (χ0v) is 19.8. The first kappa shape index (κ1) is 27.0. The van der Waals surface area contributed by atoms with Crippen LogP contribution in [0.25, 0.3) is 22.4 Å². The maximum Gasteiger partial charge on any atom is 0.490 e. The molecule has 0 atom stereocenters. The molecule has 3 N–H and O–H groups in total. The number of halogens is 3. The lowest BCUT2D eigenvalue weighted by atomic mass is 10.1. The van der Waals surface area contributed by atoms with Crippen LogP contribution in [-0.2, 0) is 14.8 Å². The number of aliphatic carboxylic acids is 1. The highest BCUT2D eigenvalue weighted by Gasteiger charge is 2.38. The van der Waals surface area contributed by atoms with Gasteiger partial charge in [0.1, 0.15) is 0 Å². The van der Waals surface area contributed by atoms with E-state index in [0.717, 1.165) is 36.8 Å². The van der Waals surface area contributed by atoms with E-state index in [4.69, 9.17) is 15.6 Å². The number of nitrogen functional groups attached to an aromatic ring is 1. The zero-order chi connectivity index (χ0) is 26.3. The summed E-state index contributed by atoms with van der Waals surface area (Å²) in [6, 6.07) is 10.8. The van der Waals surface area contributed by atoms with E-state index in [9.17, 15) is 21.6 Å². The molecule has 1 aliphatic heterocycles. The lowest BCUT2D eigenvalue weighted by Gasteiger charge is -2.21. The molecule has 0 unspecified atom stereocenters. The molecular formula is C23H24F3N5O4S. The molecule has 4 rings (SSSR count). The largest absolute Gasteiger partial charge is 0.490 e. The van der Waals surface area contributed by atoms with Crippen LogP contribution >= 0.6 is 0 Å². The van der Waals surface area contributed by atoms with E-state index in [1.54, 1.807) is 35.0 Å². The number of nitrogens with two attached hydrogens (primary N) is 1. The molecule has 3 heterocycles. The average molecular weight is 524 g/mol. The van der Waals surface area contributed by atoms with Crippen LogP contribution in [0.4, 0.5) is 19.1 Å². The number of carboxylic acids is 1. The number of carbonyl (C=O) groups is 1. The molecule has 13 heteroatoms. The third-order valence-corrected chi connectivity index (χ3v) is 7.31. The first-order chi connectivity index (χ1) is 17.0. The first-order valence-corrected chi connectivity index (χ1v) is 12.4. The molecule has 0 amide bonds. The molecule has 0 aliphatic carbocycles. The SMILES string of the molecule is Nc1ncc(-c2ccc(-c3ccccc3S(=O)(=O)N3CCCCCC3)cn2)cn1.O=C(O)C(F)(F)F. The Balaban J connectivity index is 0.000000454. The molecule has 3 aromatic rings. The van der Waals surface area contributed by atoms with Gasteiger partial charge in [-0.05, 0) is 25.0 Å². The van der Waals surface area contributed by atoms with Gasteiger partial charge in [0.05, 0.1) is 10.6 Å². The molecule has 0 bridgehead atoms. The number of rotatable bonds is 4. The molecule has 1 fully saturated rings. The lowest BCUT2D eigenvalue weighted by molar-refractivity contribution is -0.192. The second-order valence-corrected chi connectivity index (χ2v) is 9.79. The summed E-state index contributed by atoms with van der Waals surface area (Å²) in [6.45, 7) is 1.15. The molecule has 36 heavy (non-hydrogen) atoms. The van der Waals surface area contributed by atoms with Crippen molar-refractivity contribution in [2.75, 3.05) is 18.8 Å². The van der Waals surface area contributed by atoms with Crippen LogP contribution in [0.1, 0.15) is 25.7 Å². The fourth-order valence-corrected chi connectivity index (χ4v) is 5.28. The fourth-order valence-electron chi connectivity index (χ4n) is 3.55. The van der Waals surface area contributed by atoms with Gasteiger partial charge in [-0.2, -0.15) is 17.5 Å². The highest BCUT2D eigenvalue weighted by molar-refractivity contribution is 7.89. The van der Waals surface area contributed by atoms with Crippen molar-refractivity contribution in [2.24, 2.45) is 0 Å². The Labute approximate surface area is 205 Å². The average Bonchev–Trinajstić information content (AvgIpc) is 3.15. The van der Waals surface area contributed by atoms with E-state index < -0.39 is 22.2 Å². The van der Waals surface area contributed by atoms with Crippen LogP contribution in [0.2, 0.25) is 0 Å². The topological polar surface area (TPSA) is 139 Å². The second kappa shape index (κ2) is 11.4. The summed E-state index contributed by atoms with van der Waals surface area (Å²) in [5.41, 5.74) is 8.38. The first-order valence-electron chi connectivity index (χ1n) is 10.9. The van der Waals surface area contributed by atoms with Gasteiger partial charge in [0.25, 0.3) is 0 Å². The predicted octanol–water partition coefficient (Wildman–Crippen LogP) is 3.99. The minimum atomic E-state index is -5.08. The lowest BCUT2D eigenvalue weighted by Crippen LogP contribution is -2.32. The molecule has 2 aromatic heterocycles. The van der Waals surface area contributed by atoms with E-state index in [-0.39, 0.29) is 5.95 Å². The Hall–Kier alpha value is -3.58. The Bertz CT molecular complexity index is 1280. The molecule has 9 nitrogen and oxygen atoms in total.